The first-order valence-electron chi connectivity index (χ1n) is 12.1. The van der Waals surface area contributed by atoms with E-state index in [4.69, 9.17) is 4.74 Å². The highest BCUT2D eigenvalue weighted by molar-refractivity contribution is 5.82. The molecule has 0 aliphatic carbocycles. The number of nitrogens with one attached hydrogen (secondary N) is 1. The number of likely N-dealkylation sites (tertiary alicyclic amines) is 1. The predicted octanol–water partition coefficient (Wildman–Crippen LogP) is 3.72. The van der Waals surface area contributed by atoms with Crippen molar-refractivity contribution in [3.63, 3.8) is 0 Å². The van der Waals surface area contributed by atoms with Gasteiger partial charge >= 0.3 is 0 Å². The van der Waals surface area contributed by atoms with Crippen LogP contribution in [0.2, 0.25) is 0 Å². The molecule has 2 saturated heterocycles. The number of ether oxygens (including phenoxy) is 1. The van der Waals surface area contributed by atoms with Crippen LogP contribution >= 0.6 is 0 Å². The number of benzene rings is 2. The molecule has 2 aliphatic rings. The number of amides is 1. The van der Waals surface area contributed by atoms with Crippen molar-refractivity contribution in [3.05, 3.63) is 71.8 Å². The normalized spacial score (nSPS) is 19.7. The van der Waals surface area contributed by atoms with Crippen LogP contribution in [0.4, 0.5) is 0 Å². The number of morpholine rings is 1. The van der Waals surface area contributed by atoms with Crippen LogP contribution in [0.3, 0.4) is 0 Å². The first-order chi connectivity index (χ1) is 15.7. The van der Waals surface area contributed by atoms with E-state index in [1.54, 1.807) is 0 Å². The highest BCUT2D eigenvalue weighted by Crippen LogP contribution is 2.25. The highest BCUT2D eigenvalue weighted by Gasteiger charge is 2.28. The molecule has 0 radical (unpaired) electrons. The summed E-state index contributed by atoms with van der Waals surface area (Å²) in [6, 6.07) is 20.2. The van der Waals surface area contributed by atoms with Crippen molar-refractivity contribution in [2.24, 2.45) is 5.92 Å². The molecule has 1 amide bonds. The van der Waals surface area contributed by atoms with Crippen molar-refractivity contribution in [2.45, 2.75) is 38.3 Å². The van der Waals surface area contributed by atoms with Crippen molar-refractivity contribution >= 4 is 5.91 Å². The van der Waals surface area contributed by atoms with Gasteiger partial charge in [-0.1, -0.05) is 60.7 Å². The number of nitrogens with zero attached hydrogens (tertiary/aromatic N) is 2. The fourth-order valence-electron chi connectivity index (χ4n) is 4.90. The van der Waals surface area contributed by atoms with Crippen molar-refractivity contribution in [1.82, 2.24) is 15.1 Å². The van der Waals surface area contributed by atoms with Gasteiger partial charge in [0.05, 0.1) is 25.3 Å². The SMILES string of the molecule is CC(C(=O)NC(c1ccccc1)c1ccccc1)N1CCC(CCN2CCOCC2)CC1. The second-order valence-electron chi connectivity index (χ2n) is 9.16. The van der Waals surface area contributed by atoms with Crippen LogP contribution < -0.4 is 5.32 Å². The molecule has 1 N–H and O–H groups in total. The van der Waals surface area contributed by atoms with Gasteiger partial charge in [-0.15, -0.1) is 0 Å². The van der Waals surface area contributed by atoms with Gasteiger partial charge in [0.2, 0.25) is 5.91 Å². The van der Waals surface area contributed by atoms with Gasteiger partial charge in [0, 0.05) is 13.1 Å². The van der Waals surface area contributed by atoms with Crippen LogP contribution in [0, 0.1) is 5.92 Å². The van der Waals surface area contributed by atoms with E-state index in [9.17, 15) is 4.79 Å². The Balaban J connectivity index is 1.30. The first-order valence-corrected chi connectivity index (χ1v) is 12.1. The summed E-state index contributed by atoms with van der Waals surface area (Å²) in [6.45, 7) is 9.12. The molecule has 32 heavy (non-hydrogen) atoms. The van der Waals surface area contributed by atoms with Crippen molar-refractivity contribution in [2.75, 3.05) is 45.9 Å². The number of hydrogen-bond acceptors (Lipinski definition) is 4. The Labute approximate surface area is 192 Å². The minimum absolute atomic E-state index is 0.106. The zero-order valence-corrected chi connectivity index (χ0v) is 19.3. The van der Waals surface area contributed by atoms with E-state index in [1.165, 1.54) is 25.8 Å². The summed E-state index contributed by atoms with van der Waals surface area (Å²) in [5, 5.41) is 3.33. The molecular weight excluding hydrogens is 398 g/mol. The second-order valence-corrected chi connectivity index (χ2v) is 9.16. The van der Waals surface area contributed by atoms with E-state index < -0.39 is 0 Å². The van der Waals surface area contributed by atoms with E-state index in [0.29, 0.717) is 0 Å². The molecule has 1 atom stereocenters. The largest absolute Gasteiger partial charge is 0.379 e. The maximum atomic E-state index is 13.2. The average molecular weight is 436 g/mol. The molecule has 0 saturated carbocycles. The standard InChI is InChI=1S/C27H37N3O2/c1-22(30-16-13-23(14-17-30)12-15-29-18-20-32-21-19-29)27(31)28-26(24-8-4-2-5-9-24)25-10-6-3-7-11-25/h2-11,22-23,26H,12-21H2,1H3,(H,28,31). The molecule has 2 aliphatic heterocycles. The molecule has 2 aromatic carbocycles. The third-order valence-corrected chi connectivity index (χ3v) is 7.09. The Bertz CT molecular complexity index is 776. The van der Waals surface area contributed by atoms with Gasteiger partial charge in [-0.25, -0.2) is 0 Å². The smallest absolute Gasteiger partial charge is 0.237 e. The lowest BCUT2D eigenvalue weighted by atomic mass is 9.92. The summed E-state index contributed by atoms with van der Waals surface area (Å²) < 4.78 is 5.45. The first kappa shape index (κ1) is 23.0. The molecule has 1 unspecified atom stereocenters. The Hall–Kier alpha value is -2.21. The minimum Gasteiger partial charge on any atom is -0.379 e. The lowest BCUT2D eigenvalue weighted by molar-refractivity contribution is -0.127. The second kappa shape index (κ2) is 11.6. The van der Waals surface area contributed by atoms with Gasteiger partial charge in [-0.3, -0.25) is 14.6 Å². The van der Waals surface area contributed by atoms with Crippen molar-refractivity contribution in [3.8, 4) is 0 Å². The number of hydrogen-bond donors (Lipinski definition) is 1. The van der Waals surface area contributed by atoms with E-state index in [0.717, 1.165) is 56.4 Å². The van der Waals surface area contributed by atoms with Crippen LogP contribution in [0.1, 0.15) is 43.4 Å². The van der Waals surface area contributed by atoms with Crippen molar-refractivity contribution < 1.29 is 9.53 Å². The molecule has 5 heteroatoms. The predicted molar refractivity (Wildman–Crippen MR) is 129 cm³/mol. The molecule has 0 spiro atoms. The fourth-order valence-corrected chi connectivity index (χ4v) is 4.90. The van der Waals surface area contributed by atoms with Crippen molar-refractivity contribution in [1.29, 1.82) is 0 Å². The Morgan fingerprint density at radius 1 is 0.938 bits per heavy atom. The molecule has 0 aromatic heterocycles. The van der Waals surface area contributed by atoms with Gasteiger partial charge in [0.15, 0.2) is 0 Å². The lowest BCUT2D eigenvalue weighted by Crippen LogP contribution is -2.49. The highest BCUT2D eigenvalue weighted by atomic mass is 16.5. The molecular formula is C27H37N3O2. The lowest BCUT2D eigenvalue weighted by Gasteiger charge is -2.37. The molecule has 2 aromatic rings. The number of piperidine rings is 1. The monoisotopic (exact) mass is 435 g/mol. The summed E-state index contributed by atoms with van der Waals surface area (Å²) in [4.78, 5) is 18.1. The van der Waals surface area contributed by atoms with Crippen LogP contribution in [0.25, 0.3) is 0 Å². The average Bonchev–Trinajstić information content (AvgIpc) is 2.87. The molecule has 172 valence electrons. The minimum atomic E-state index is -0.126. The fraction of sp³-hybridized carbons (Fsp3) is 0.519. The van der Waals surface area contributed by atoms with Gasteiger partial charge in [-0.05, 0) is 62.9 Å². The van der Waals surface area contributed by atoms with Crippen LogP contribution in [0.15, 0.2) is 60.7 Å². The molecule has 2 fully saturated rings. The van der Waals surface area contributed by atoms with Gasteiger partial charge in [0.1, 0.15) is 0 Å². The van der Waals surface area contributed by atoms with E-state index in [2.05, 4.69) is 46.3 Å². The third-order valence-electron chi connectivity index (χ3n) is 7.09. The van der Waals surface area contributed by atoms with Gasteiger partial charge in [-0.2, -0.15) is 0 Å². The maximum absolute atomic E-state index is 13.2. The summed E-state index contributed by atoms with van der Waals surface area (Å²) >= 11 is 0. The zero-order chi connectivity index (χ0) is 22.2. The topological polar surface area (TPSA) is 44.8 Å². The van der Waals surface area contributed by atoms with E-state index >= 15 is 0 Å². The summed E-state index contributed by atoms with van der Waals surface area (Å²) in [7, 11) is 0. The van der Waals surface area contributed by atoms with E-state index in [1.807, 2.05) is 36.4 Å². The Morgan fingerprint density at radius 2 is 1.50 bits per heavy atom. The van der Waals surface area contributed by atoms with Gasteiger partial charge in [0.25, 0.3) is 0 Å². The molecule has 2 heterocycles. The number of carbonyl (C=O) groups is 1. The van der Waals surface area contributed by atoms with Gasteiger partial charge < -0.3 is 10.1 Å². The third kappa shape index (κ3) is 6.18. The maximum Gasteiger partial charge on any atom is 0.237 e. The van der Waals surface area contributed by atoms with Crippen LogP contribution in [-0.2, 0) is 9.53 Å². The molecule has 4 rings (SSSR count). The van der Waals surface area contributed by atoms with Crippen LogP contribution in [0.5, 0.6) is 0 Å². The Morgan fingerprint density at radius 3 is 2.06 bits per heavy atom. The Kier molecular flexibility index (Phi) is 8.32. The zero-order valence-electron chi connectivity index (χ0n) is 19.3. The molecule has 5 nitrogen and oxygen atoms in total. The summed E-state index contributed by atoms with van der Waals surface area (Å²) in [6.07, 6.45) is 3.63. The quantitative estimate of drug-likeness (QED) is 0.687. The molecule has 0 bridgehead atoms. The number of rotatable bonds is 8. The summed E-state index contributed by atoms with van der Waals surface area (Å²) in [5.41, 5.74) is 2.22. The van der Waals surface area contributed by atoms with Crippen LogP contribution in [-0.4, -0.2) is 67.7 Å². The summed E-state index contributed by atoms with van der Waals surface area (Å²) in [5.74, 6) is 0.875. The number of carbonyl (C=O) groups excluding carboxylic acids is 1. The van der Waals surface area contributed by atoms with E-state index in [-0.39, 0.29) is 18.0 Å².